The summed E-state index contributed by atoms with van der Waals surface area (Å²) in [6.07, 6.45) is 5.78. The molecule has 13 heavy (non-hydrogen) atoms. The molecule has 0 spiro atoms. The molecule has 0 aromatic heterocycles. The van der Waals surface area contributed by atoms with Crippen molar-refractivity contribution in [1.82, 2.24) is 0 Å². The van der Waals surface area contributed by atoms with E-state index >= 15 is 0 Å². The molecular formula is C11H18OS. The second-order valence-electron chi connectivity index (χ2n) is 5.35. The lowest BCUT2D eigenvalue weighted by Crippen LogP contribution is -2.25. The van der Waals surface area contributed by atoms with Crippen LogP contribution in [-0.4, -0.2) is 15.6 Å². The van der Waals surface area contributed by atoms with Crippen LogP contribution in [0.2, 0.25) is 0 Å². The van der Waals surface area contributed by atoms with Crippen molar-refractivity contribution in [1.29, 1.82) is 0 Å². The van der Waals surface area contributed by atoms with Crippen molar-refractivity contribution >= 4 is 11.2 Å². The summed E-state index contributed by atoms with van der Waals surface area (Å²) in [7, 11) is 0. The van der Waals surface area contributed by atoms with Crippen molar-refractivity contribution in [2.24, 2.45) is 23.7 Å². The molecule has 2 heteroatoms. The third kappa shape index (κ3) is 1.25. The van der Waals surface area contributed by atoms with Gasteiger partial charge in [0.05, 0.1) is 0 Å². The minimum absolute atomic E-state index is 0.490. The largest absolute Gasteiger partial charge is 0.616 e. The van der Waals surface area contributed by atoms with Crippen LogP contribution in [0.4, 0.5) is 0 Å². The number of rotatable bonds is 0. The van der Waals surface area contributed by atoms with E-state index in [-0.39, 0.29) is 0 Å². The third-order valence-corrected chi connectivity index (χ3v) is 6.51. The van der Waals surface area contributed by atoms with Gasteiger partial charge in [-0.3, -0.25) is 0 Å². The Labute approximate surface area is 83.5 Å². The van der Waals surface area contributed by atoms with E-state index in [0.29, 0.717) is 5.25 Å². The minimum Gasteiger partial charge on any atom is -0.616 e. The molecule has 0 N–H and O–H groups in total. The first kappa shape index (κ1) is 8.60. The summed E-state index contributed by atoms with van der Waals surface area (Å²) in [5, 5.41) is 0.504. The van der Waals surface area contributed by atoms with Gasteiger partial charge in [-0.05, 0) is 44.4 Å². The topological polar surface area (TPSA) is 23.1 Å². The fraction of sp³-hybridized carbons (Fsp3) is 1.00. The van der Waals surface area contributed by atoms with E-state index in [2.05, 4.69) is 6.92 Å². The van der Waals surface area contributed by atoms with Crippen LogP contribution in [0.25, 0.3) is 0 Å². The van der Waals surface area contributed by atoms with Crippen LogP contribution >= 0.6 is 0 Å². The van der Waals surface area contributed by atoms with E-state index in [1.54, 1.807) is 0 Å². The summed E-state index contributed by atoms with van der Waals surface area (Å²) in [4.78, 5) is 0. The van der Waals surface area contributed by atoms with Crippen LogP contribution in [-0.2, 0) is 11.2 Å². The summed E-state index contributed by atoms with van der Waals surface area (Å²) >= 11 is -0.490. The maximum atomic E-state index is 11.7. The normalized spacial score (nSPS) is 59.5. The van der Waals surface area contributed by atoms with Gasteiger partial charge in [-0.1, -0.05) is 11.2 Å². The second kappa shape index (κ2) is 2.90. The van der Waals surface area contributed by atoms with Gasteiger partial charge in [0.25, 0.3) is 0 Å². The predicted molar refractivity (Wildman–Crippen MR) is 54.9 cm³/mol. The van der Waals surface area contributed by atoms with Crippen molar-refractivity contribution in [3.05, 3.63) is 0 Å². The Hall–Kier alpha value is 0.310. The molecule has 1 nitrogen and oxygen atoms in total. The first-order chi connectivity index (χ1) is 6.24. The molecule has 0 radical (unpaired) electrons. The summed E-state index contributed by atoms with van der Waals surface area (Å²) in [6, 6.07) is 0. The van der Waals surface area contributed by atoms with Gasteiger partial charge >= 0.3 is 0 Å². The van der Waals surface area contributed by atoms with E-state index in [4.69, 9.17) is 0 Å². The Morgan fingerprint density at radius 3 is 2.54 bits per heavy atom. The van der Waals surface area contributed by atoms with Crippen molar-refractivity contribution in [3.63, 3.8) is 0 Å². The third-order valence-electron chi connectivity index (χ3n) is 4.58. The van der Waals surface area contributed by atoms with Crippen LogP contribution in [0, 0.1) is 23.7 Å². The summed E-state index contributed by atoms with van der Waals surface area (Å²) in [5.74, 6) is 4.70. The summed E-state index contributed by atoms with van der Waals surface area (Å²) in [5.41, 5.74) is 0. The highest BCUT2D eigenvalue weighted by Crippen LogP contribution is 2.52. The Balaban J connectivity index is 1.80. The van der Waals surface area contributed by atoms with E-state index in [1.165, 1.54) is 25.7 Å². The molecule has 3 aliphatic carbocycles. The molecule has 4 atom stereocenters. The zero-order valence-electron chi connectivity index (χ0n) is 8.24. The Morgan fingerprint density at radius 1 is 1.08 bits per heavy atom. The lowest BCUT2D eigenvalue weighted by atomic mass is 9.73. The molecule has 1 saturated heterocycles. The minimum atomic E-state index is -0.490. The average Bonchev–Trinajstić information content (AvgIpc) is 2.29. The average molecular weight is 198 g/mol. The van der Waals surface area contributed by atoms with Crippen LogP contribution in [0.1, 0.15) is 32.6 Å². The SMILES string of the molecule is CC1C2CC3CC(C3)CC2C[S@+]1[O-]. The van der Waals surface area contributed by atoms with Gasteiger partial charge in [0.15, 0.2) is 0 Å². The monoisotopic (exact) mass is 198 g/mol. The quantitative estimate of drug-likeness (QED) is 0.547. The van der Waals surface area contributed by atoms with Gasteiger partial charge in [-0.25, -0.2) is 0 Å². The first-order valence-corrected chi connectivity index (χ1v) is 6.99. The molecule has 2 bridgehead atoms. The number of hydrogen-bond donors (Lipinski definition) is 0. The fourth-order valence-electron chi connectivity index (χ4n) is 3.76. The highest BCUT2D eigenvalue weighted by Gasteiger charge is 2.50. The van der Waals surface area contributed by atoms with Crippen molar-refractivity contribution in [3.8, 4) is 0 Å². The molecule has 4 fully saturated rings. The highest BCUT2D eigenvalue weighted by molar-refractivity contribution is 7.92. The zero-order chi connectivity index (χ0) is 9.00. The molecule has 3 unspecified atom stereocenters. The Bertz CT molecular complexity index is 212. The van der Waals surface area contributed by atoms with Crippen LogP contribution in [0.3, 0.4) is 0 Å². The van der Waals surface area contributed by atoms with Crippen molar-refractivity contribution < 1.29 is 4.55 Å². The lowest BCUT2D eigenvalue weighted by molar-refractivity contribution is 0.191. The first-order valence-electron chi connectivity index (χ1n) is 5.61. The second-order valence-corrected chi connectivity index (χ2v) is 7.19. The van der Waals surface area contributed by atoms with Crippen LogP contribution in [0.5, 0.6) is 0 Å². The highest BCUT2D eigenvalue weighted by atomic mass is 32.2. The molecule has 3 saturated carbocycles. The van der Waals surface area contributed by atoms with Gasteiger partial charge in [-0.2, -0.15) is 0 Å². The van der Waals surface area contributed by atoms with E-state index < -0.39 is 11.2 Å². The summed E-state index contributed by atoms with van der Waals surface area (Å²) in [6.45, 7) is 2.21. The predicted octanol–water partition coefficient (Wildman–Crippen LogP) is 2.19. The molecule has 74 valence electrons. The molecule has 0 aromatic carbocycles. The van der Waals surface area contributed by atoms with E-state index in [1.807, 2.05) is 0 Å². The molecule has 0 aromatic rings. The van der Waals surface area contributed by atoms with Crippen molar-refractivity contribution in [2.75, 3.05) is 5.75 Å². The van der Waals surface area contributed by atoms with Crippen LogP contribution in [0.15, 0.2) is 0 Å². The fourth-order valence-corrected chi connectivity index (χ4v) is 5.60. The molecule has 1 aliphatic heterocycles. The standard InChI is InChI=1S/C11H18OS/c1-7-11-5-9-2-8(3-9)4-10(11)6-13(7)12/h7-11H,2-6H2,1H3/t7?,8?,9?,10?,11?,13-/m0/s1. The van der Waals surface area contributed by atoms with Gasteiger partial charge in [0.2, 0.25) is 0 Å². The molecule has 1 heterocycles. The smallest absolute Gasteiger partial charge is 0.116 e. The molecule has 4 aliphatic rings. The van der Waals surface area contributed by atoms with Crippen molar-refractivity contribution in [2.45, 2.75) is 37.9 Å². The lowest BCUT2D eigenvalue weighted by Gasteiger charge is -2.33. The number of hydrogen-bond acceptors (Lipinski definition) is 1. The van der Waals surface area contributed by atoms with Gasteiger partial charge in [0, 0.05) is 11.8 Å². The van der Waals surface area contributed by atoms with Gasteiger partial charge < -0.3 is 4.55 Å². The van der Waals surface area contributed by atoms with E-state index in [0.717, 1.165) is 29.4 Å². The van der Waals surface area contributed by atoms with Gasteiger partial charge in [0.1, 0.15) is 11.0 Å². The Morgan fingerprint density at radius 2 is 1.77 bits per heavy atom. The molecule has 0 amide bonds. The van der Waals surface area contributed by atoms with E-state index in [9.17, 15) is 4.55 Å². The maximum Gasteiger partial charge on any atom is 0.116 e. The van der Waals surface area contributed by atoms with Gasteiger partial charge in [-0.15, -0.1) is 0 Å². The Kier molecular flexibility index (Phi) is 1.92. The molecular weight excluding hydrogens is 180 g/mol. The zero-order valence-corrected chi connectivity index (χ0v) is 9.06. The van der Waals surface area contributed by atoms with Crippen LogP contribution < -0.4 is 0 Å². The maximum absolute atomic E-state index is 11.7. The summed E-state index contributed by atoms with van der Waals surface area (Å²) < 4.78 is 11.7. The molecule has 4 rings (SSSR count).